The van der Waals surface area contributed by atoms with Crippen molar-refractivity contribution < 1.29 is 4.79 Å². The predicted octanol–water partition coefficient (Wildman–Crippen LogP) is 3.16. The number of amides is 1. The molecule has 6 nitrogen and oxygen atoms in total. The van der Waals surface area contributed by atoms with Gasteiger partial charge in [-0.05, 0) is 48.7 Å². The van der Waals surface area contributed by atoms with Gasteiger partial charge in [0.25, 0.3) is 5.91 Å². The molecule has 25 heavy (non-hydrogen) atoms. The van der Waals surface area contributed by atoms with Crippen molar-refractivity contribution in [2.75, 3.05) is 5.32 Å². The van der Waals surface area contributed by atoms with Gasteiger partial charge in [0.2, 0.25) is 0 Å². The Morgan fingerprint density at radius 2 is 1.84 bits per heavy atom. The predicted molar refractivity (Wildman–Crippen MR) is 96.6 cm³/mol. The van der Waals surface area contributed by atoms with Gasteiger partial charge < -0.3 is 10.6 Å². The number of aromatic nitrogens is 3. The van der Waals surface area contributed by atoms with Crippen LogP contribution in [0.15, 0.2) is 55.1 Å². The summed E-state index contributed by atoms with van der Waals surface area (Å²) in [6, 6.07) is 9.85. The molecule has 3 rings (SSSR count). The van der Waals surface area contributed by atoms with Crippen molar-refractivity contribution in [2.45, 2.75) is 20.4 Å². The summed E-state index contributed by atoms with van der Waals surface area (Å²) in [7, 11) is 0. The van der Waals surface area contributed by atoms with E-state index in [1.165, 1.54) is 6.20 Å². The topological polar surface area (TPSA) is 79.8 Å². The second-order valence-corrected chi connectivity index (χ2v) is 5.77. The molecule has 0 spiro atoms. The smallest absolute Gasteiger partial charge is 0.271 e. The summed E-state index contributed by atoms with van der Waals surface area (Å²) in [4.78, 5) is 24.5. The molecular weight excluding hydrogens is 314 g/mol. The molecule has 126 valence electrons. The summed E-state index contributed by atoms with van der Waals surface area (Å²) in [5, 5.41) is 6.04. The summed E-state index contributed by atoms with van der Waals surface area (Å²) in [5.41, 5.74) is 4.51. The van der Waals surface area contributed by atoms with Crippen molar-refractivity contribution in [3.8, 4) is 0 Å². The van der Waals surface area contributed by atoms with E-state index in [0.29, 0.717) is 12.4 Å². The van der Waals surface area contributed by atoms with Crippen molar-refractivity contribution in [3.05, 3.63) is 77.5 Å². The fourth-order valence-corrected chi connectivity index (χ4v) is 2.29. The Morgan fingerprint density at radius 1 is 1.04 bits per heavy atom. The fraction of sp³-hybridized carbons (Fsp3) is 0.158. The van der Waals surface area contributed by atoms with E-state index in [1.54, 1.807) is 18.6 Å². The summed E-state index contributed by atoms with van der Waals surface area (Å²) in [6.07, 6.45) is 6.41. The number of anilines is 2. The number of pyridine rings is 1. The van der Waals surface area contributed by atoms with E-state index in [4.69, 9.17) is 0 Å². The molecule has 0 fully saturated rings. The Labute approximate surface area is 146 Å². The highest BCUT2D eigenvalue weighted by Crippen LogP contribution is 2.20. The zero-order valence-electron chi connectivity index (χ0n) is 14.2. The van der Waals surface area contributed by atoms with Gasteiger partial charge in [-0.3, -0.25) is 9.78 Å². The van der Waals surface area contributed by atoms with E-state index in [-0.39, 0.29) is 11.6 Å². The molecule has 0 bridgehead atoms. The van der Waals surface area contributed by atoms with Gasteiger partial charge >= 0.3 is 0 Å². The quantitative estimate of drug-likeness (QED) is 0.750. The number of hydrogen-bond donors (Lipinski definition) is 2. The first-order valence-electron chi connectivity index (χ1n) is 7.95. The van der Waals surface area contributed by atoms with Crippen LogP contribution in [0.4, 0.5) is 11.5 Å². The molecule has 1 aromatic carbocycles. The van der Waals surface area contributed by atoms with Gasteiger partial charge in [0.05, 0.1) is 12.4 Å². The molecule has 0 aliphatic rings. The third kappa shape index (κ3) is 4.38. The maximum atomic E-state index is 12.1. The molecule has 3 aromatic rings. The number of rotatable bonds is 5. The van der Waals surface area contributed by atoms with E-state index < -0.39 is 0 Å². The third-order valence-corrected chi connectivity index (χ3v) is 3.74. The number of benzene rings is 1. The average molecular weight is 333 g/mol. The molecule has 0 unspecified atom stereocenters. The molecule has 2 heterocycles. The molecule has 0 saturated heterocycles. The van der Waals surface area contributed by atoms with Gasteiger partial charge in [0, 0.05) is 24.6 Å². The van der Waals surface area contributed by atoms with Crippen LogP contribution in [0.2, 0.25) is 0 Å². The van der Waals surface area contributed by atoms with Gasteiger partial charge in [0.15, 0.2) is 0 Å². The van der Waals surface area contributed by atoms with Crippen LogP contribution in [0, 0.1) is 13.8 Å². The molecule has 0 aliphatic carbocycles. The van der Waals surface area contributed by atoms with Crippen LogP contribution >= 0.6 is 0 Å². The van der Waals surface area contributed by atoms with E-state index >= 15 is 0 Å². The molecule has 2 N–H and O–H groups in total. The highest BCUT2D eigenvalue weighted by Gasteiger charge is 2.08. The lowest BCUT2D eigenvalue weighted by Gasteiger charge is -2.10. The Bertz CT molecular complexity index is 863. The van der Waals surface area contributed by atoms with Crippen molar-refractivity contribution >= 4 is 17.4 Å². The first-order valence-corrected chi connectivity index (χ1v) is 7.95. The maximum absolute atomic E-state index is 12.1. The highest BCUT2D eigenvalue weighted by molar-refractivity contribution is 5.92. The van der Waals surface area contributed by atoms with Gasteiger partial charge in [0.1, 0.15) is 11.5 Å². The molecule has 1 amide bonds. The number of aryl methyl sites for hydroxylation is 2. The van der Waals surface area contributed by atoms with Crippen LogP contribution in [-0.4, -0.2) is 20.9 Å². The summed E-state index contributed by atoms with van der Waals surface area (Å²) < 4.78 is 0. The second-order valence-electron chi connectivity index (χ2n) is 5.77. The summed E-state index contributed by atoms with van der Waals surface area (Å²) in [6.45, 7) is 4.48. The number of carbonyl (C=O) groups excluding carboxylic acids is 1. The Balaban J connectivity index is 1.63. The Kier molecular flexibility index (Phi) is 4.99. The molecule has 0 radical (unpaired) electrons. The summed E-state index contributed by atoms with van der Waals surface area (Å²) in [5.74, 6) is 0.335. The fourth-order valence-electron chi connectivity index (χ4n) is 2.29. The van der Waals surface area contributed by atoms with Crippen LogP contribution in [-0.2, 0) is 6.54 Å². The minimum Gasteiger partial charge on any atom is -0.347 e. The van der Waals surface area contributed by atoms with Crippen molar-refractivity contribution in [2.24, 2.45) is 0 Å². The molecular formula is C19H19N5O. The molecule has 0 saturated carbocycles. The second kappa shape index (κ2) is 7.53. The van der Waals surface area contributed by atoms with Gasteiger partial charge in [-0.1, -0.05) is 12.1 Å². The molecule has 2 aromatic heterocycles. The lowest BCUT2D eigenvalue weighted by molar-refractivity contribution is 0.0945. The van der Waals surface area contributed by atoms with Crippen LogP contribution in [0.3, 0.4) is 0 Å². The number of carbonyl (C=O) groups is 1. The van der Waals surface area contributed by atoms with Crippen LogP contribution < -0.4 is 10.6 Å². The van der Waals surface area contributed by atoms with Crippen LogP contribution in [0.5, 0.6) is 0 Å². The highest BCUT2D eigenvalue weighted by atomic mass is 16.1. The van der Waals surface area contributed by atoms with E-state index in [2.05, 4.69) is 31.7 Å². The standard InChI is InChI=1S/C19H19N5O/c1-13-3-4-14(2)16(9-13)24-18-12-21-17(11-22-18)19(25)23-10-15-5-7-20-8-6-15/h3-9,11-12H,10H2,1-2H3,(H,22,24)(H,23,25). The van der Waals surface area contributed by atoms with E-state index in [9.17, 15) is 4.79 Å². The first kappa shape index (κ1) is 16.6. The van der Waals surface area contributed by atoms with Gasteiger partial charge in [-0.25, -0.2) is 9.97 Å². The normalized spacial score (nSPS) is 10.3. The SMILES string of the molecule is Cc1ccc(C)c(Nc2cnc(C(=O)NCc3ccncc3)cn2)c1. The lowest BCUT2D eigenvalue weighted by atomic mass is 10.1. The first-order chi connectivity index (χ1) is 12.1. The molecule has 0 aliphatic heterocycles. The monoisotopic (exact) mass is 333 g/mol. The van der Waals surface area contributed by atoms with Crippen molar-refractivity contribution in [1.82, 2.24) is 20.3 Å². The summed E-state index contributed by atoms with van der Waals surface area (Å²) >= 11 is 0. The minimum atomic E-state index is -0.261. The van der Waals surface area contributed by atoms with Crippen molar-refractivity contribution in [1.29, 1.82) is 0 Å². The van der Waals surface area contributed by atoms with Crippen molar-refractivity contribution in [3.63, 3.8) is 0 Å². The number of hydrogen-bond acceptors (Lipinski definition) is 5. The van der Waals surface area contributed by atoms with Gasteiger partial charge in [-0.15, -0.1) is 0 Å². The Hall–Kier alpha value is -3.28. The average Bonchev–Trinajstić information content (AvgIpc) is 2.64. The third-order valence-electron chi connectivity index (χ3n) is 3.74. The molecule has 6 heteroatoms. The minimum absolute atomic E-state index is 0.261. The van der Waals surface area contributed by atoms with Crippen LogP contribution in [0.25, 0.3) is 0 Å². The molecule has 0 atom stereocenters. The zero-order valence-corrected chi connectivity index (χ0v) is 14.2. The lowest BCUT2D eigenvalue weighted by Crippen LogP contribution is -2.24. The zero-order chi connectivity index (χ0) is 17.6. The number of nitrogens with zero attached hydrogens (tertiary/aromatic N) is 3. The van der Waals surface area contributed by atoms with Crippen LogP contribution in [0.1, 0.15) is 27.2 Å². The van der Waals surface area contributed by atoms with E-state index in [1.807, 2.05) is 38.1 Å². The Morgan fingerprint density at radius 3 is 2.56 bits per heavy atom. The maximum Gasteiger partial charge on any atom is 0.271 e. The van der Waals surface area contributed by atoms with E-state index in [0.717, 1.165) is 22.4 Å². The largest absolute Gasteiger partial charge is 0.347 e. The number of nitrogens with one attached hydrogen (secondary N) is 2. The van der Waals surface area contributed by atoms with Gasteiger partial charge in [-0.2, -0.15) is 0 Å².